The van der Waals surface area contributed by atoms with Gasteiger partial charge in [0.05, 0.1) is 6.10 Å². The smallest absolute Gasteiger partial charge is 0.225 e. The number of hydrogen-bond donors (Lipinski definition) is 1. The summed E-state index contributed by atoms with van der Waals surface area (Å²) in [6, 6.07) is 0. The lowest BCUT2D eigenvalue weighted by atomic mass is 9.95. The van der Waals surface area contributed by atoms with Gasteiger partial charge in [-0.05, 0) is 32.1 Å². The summed E-state index contributed by atoms with van der Waals surface area (Å²) in [5.41, 5.74) is 0. The molecule has 1 saturated carbocycles. The molecule has 2 aliphatic heterocycles. The lowest BCUT2D eigenvalue weighted by Crippen LogP contribution is -2.44. The predicted octanol–water partition coefficient (Wildman–Crippen LogP) is 0.228. The Labute approximate surface area is 113 Å². The number of rotatable bonds is 2. The average molecular weight is 266 g/mol. The van der Waals surface area contributed by atoms with Crippen LogP contribution in [-0.4, -0.2) is 59.0 Å². The maximum atomic E-state index is 12.3. The SMILES string of the molecule is O=C(C1CC1)N1CCC(C(=O)N2CC[C@H](O)C2)CC1. The van der Waals surface area contributed by atoms with Crippen molar-refractivity contribution in [2.24, 2.45) is 11.8 Å². The van der Waals surface area contributed by atoms with Crippen LogP contribution in [0.15, 0.2) is 0 Å². The highest BCUT2D eigenvalue weighted by Crippen LogP contribution is 2.32. The number of likely N-dealkylation sites (tertiary alicyclic amines) is 2. The van der Waals surface area contributed by atoms with Crippen LogP contribution in [0, 0.1) is 11.8 Å². The number of amides is 2. The van der Waals surface area contributed by atoms with Crippen LogP contribution in [0.4, 0.5) is 0 Å². The van der Waals surface area contributed by atoms with Gasteiger partial charge in [-0.3, -0.25) is 9.59 Å². The molecule has 106 valence electrons. The van der Waals surface area contributed by atoms with Crippen molar-refractivity contribution in [3.63, 3.8) is 0 Å². The van der Waals surface area contributed by atoms with Crippen LogP contribution >= 0.6 is 0 Å². The number of aliphatic hydroxyl groups is 1. The third kappa shape index (κ3) is 2.76. The predicted molar refractivity (Wildman–Crippen MR) is 69.2 cm³/mol. The van der Waals surface area contributed by atoms with Crippen LogP contribution in [0.25, 0.3) is 0 Å². The van der Waals surface area contributed by atoms with Crippen molar-refractivity contribution in [2.75, 3.05) is 26.2 Å². The van der Waals surface area contributed by atoms with Crippen LogP contribution in [-0.2, 0) is 9.59 Å². The summed E-state index contributed by atoms with van der Waals surface area (Å²) in [6.07, 6.45) is 4.01. The Bertz CT molecular complexity index is 373. The van der Waals surface area contributed by atoms with Gasteiger partial charge in [-0.2, -0.15) is 0 Å². The van der Waals surface area contributed by atoms with Crippen LogP contribution in [0.5, 0.6) is 0 Å². The van der Waals surface area contributed by atoms with Gasteiger partial charge in [0.15, 0.2) is 0 Å². The Morgan fingerprint density at radius 1 is 0.789 bits per heavy atom. The van der Waals surface area contributed by atoms with Gasteiger partial charge >= 0.3 is 0 Å². The fourth-order valence-electron chi connectivity index (χ4n) is 3.14. The van der Waals surface area contributed by atoms with Crippen molar-refractivity contribution in [2.45, 2.75) is 38.2 Å². The number of carbonyl (C=O) groups excluding carboxylic acids is 2. The monoisotopic (exact) mass is 266 g/mol. The zero-order chi connectivity index (χ0) is 13.4. The molecule has 2 amide bonds. The molecule has 1 aliphatic carbocycles. The van der Waals surface area contributed by atoms with Gasteiger partial charge in [-0.15, -0.1) is 0 Å². The topological polar surface area (TPSA) is 60.9 Å². The molecule has 2 heterocycles. The molecule has 0 spiro atoms. The van der Waals surface area contributed by atoms with Gasteiger partial charge in [-0.1, -0.05) is 0 Å². The van der Waals surface area contributed by atoms with E-state index in [0.29, 0.717) is 25.4 Å². The number of piperidine rings is 1. The van der Waals surface area contributed by atoms with E-state index in [2.05, 4.69) is 0 Å². The molecule has 0 radical (unpaired) electrons. The largest absolute Gasteiger partial charge is 0.391 e. The molecule has 5 heteroatoms. The standard InChI is InChI=1S/C14H22N2O3/c17-12-5-8-16(9-12)14(19)11-3-6-15(7-4-11)13(18)10-1-2-10/h10-12,17H,1-9H2/t12-/m0/s1. The molecule has 3 fully saturated rings. The molecule has 0 unspecified atom stereocenters. The van der Waals surface area contributed by atoms with Crippen molar-refractivity contribution in [3.05, 3.63) is 0 Å². The molecule has 3 rings (SSSR count). The van der Waals surface area contributed by atoms with Gasteiger partial charge < -0.3 is 14.9 Å². The van der Waals surface area contributed by atoms with Crippen molar-refractivity contribution in [3.8, 4) is 0 Å². The maximum Gasteiger partial charge on any atom is 0.225 e. The summed E-state index contributed by atoms with van der Waals surface area (Å²) in [7, 11) is 0. The van der Waals surface area contributed by atoms with E-state index in [1.165, 1.54) is 0 Å². The zero-order valence-electron chi connectivity index (χ0n) is 11.3. The summed E-state index contributed by atoms with van der Waals surface area (Å²) in [5, 5.41) is 9.48. The van der Waals surface area contributed by atoms with Crippen LogP contribution in [0.1, 0.15) is 32.1 Å². The molecule has 2 saturated heterocycles. The minimum atomic E-state index is -0.347. The summed E-state index contributed by atoms with van der Waals surface area (Å²) < 4.78 is 0. The molecule has 0 aromatic rings. The summed E-state index contributed by atoms with van der Waals surface area (Å²) in [6.45, 7) is 2.62. The van der Waals surface area contributed by atoms with Gasteiger partial charge in [0.2, 0.25) is 11.8 Å². The third-order valence-electron chi connectivity index (χ3n) is 4.56. The van der Waals surface area contributed by atoms with Crippen LogP contribution < -0.4 is 0 Å². The summed E-state index contributed by atoms with van der Waals surface area (Å²) >= 11 is 0. The highest BCUT2D eigenvalue weighted by atomic mass is 16.3. The second-order valence-electron chi connectivity index (χ2n) is 6.10. The van der Waals surface area contributed by atoms with E-state index in [1.807, 2.05) is 4.90 Å². The lowest BCUT2D eigenvalue weighted by Gasteiger charge is -2.33. The van der Waals surface area contributed by atoms with E-state index in [4.69, 9.17) is 0 Å². The van der Waals surface area contributed by atoms with Crippen molar-refractivity contribution in [1.29, 1.82) is 0 Å². The maximum absolute atomic E-state index is 12.3. The Kier molecular flexibility index (Phi) is 3.48. The Morgan fingerprint density at radius 2 is 1.32 bits per heavy atom. The number of β-amino-alcohol motifs (C(OH)–C–C–N with tert-alkyl or cyclic N) is 1. The van der Waals surface area contributed by atoms with E-state index in [0.717, 1.165) is 38.8 Å². The molecule has 3 aliphatic rings. The fourth-order valence-corrected chi connectivity index (χ4v) is 3.14. The first-order valence-electron chi connectivity index (χ1n) is 7.41. The van der Waals surface area contributed by atoms with Crippen molar-refractivity contribution in [1.82, 2.24) is 9.80 Å². The number of aliphatic hydroxyl groups excluding tert-OH is 1. The van der Waals surface area contributed by atoms with E-state index in [9.17, 15) is 14.7 Å². The molecule has 0 bridgehead atoms. The quantitative estimate of drug-likeness (QED) is 0.778. The zero-order valence-corrected chi connectivity index (χ0v) is 11.3. The molecular formula is C14H22N2O3. The molecule has 1 atom stereocenters. The van der Waals surface area contributed by atoms with Gasteiger partial charge in [0, 0.05) is 38.0 Å². The molecule has 1 N–H and O–H groups in total. The lowest BCUT2D eigenvalue weighted by molar-refractivity contribution is -0.140. The minimum Gasteiger partial charge on any atom is -0.391 e. The summed E-state index contributed by atoms with van der Waals surface area (Å²) in [5.74, 6) is 0.798. The first-order valence-corrected chi connectivity index (χ1v) is 7.41. The van der Waals surface area contributed by atoms with E-state index in [-0.39, 0.29) is 23.8 Å². The molecule has 19 heavy (non-hydrogen) atoms. The van der Waals surface area contributed by atoms with Crippen molar-refractivity contribution >= 4 is 11.8 Å². The van der Waals surface area contributed by atoms with E-state index >= 15 is 0 Å². The molecule has 0 aromatic carbocycles. The second kappa shape index (κ2) is 5.12. The highest BCUT2D eigenvalue weighted by molar-refractivity contribution is 5.82. The first-order chi connectivity index (χ1) is 9.15. The number of carbonyl (C=O) groups is 2. The van der Waals surface area contributed by atoms with Gasteiger partial charge in [0.25, 0.3) is 0 Å². The third-order valence-corrected chi connectivity index (χ3v) is 4.56. The fraction of sp³-hybridized carbons (Fsp3) is 0.857. The van der Waals surface area contributed by atoms with E-state index < -0.39 is 0 Å². The highest BCUT2D eigenvalue weighted by Gasteiger charge is 2.37. The Balaban J connectivity index is 1.49. The van der Waals surface area contributed by atoms with Crippen LogP contribution in [0.2, 0.25) is 0 Å². The molecular weight excluding hydrogens is 244 g/mol. The average Bonchev–Trinajstić information content (AvgIpc) is 3.19. The van der Waals surface area contributed by atoms with Gasteiger partial charge in [-0.25, -0.2) is 0 Å². The van der Waals surface area contributed by atoms with Crippen molar-refractivity contribution < 1.29 is 14.7 Å². The molecule has 0 aromatic heterocycles. The Hall–Kier alpha value is -1.10. The minimum absolute atomic E-state index is 0.0496. The summed E-state index contributed by atoms with van der Waals surface area (Å²) in [4.78, 5) is 27.9. The number of nitrogens with zero attached hydrogens (tertiary/aromatic N) is 2. The normalized spacial score (nSPS) is 28.8. The van der Waals surface area contributed by atoms with E-state index in [1.54, 1.807) is 4.90 Å². The first kappa shape index (κ1) is 12.9. The van der Waals surface area contributed by atoms with Gasteiger partial charge in [0.1, 0.15) is 0 Å². The molecule has 5 nitrogen and oxygen atoms in total. The number of hydrogen-bond acceptors (Lipinski definition) is 3. The second-order valence-corrected chi connectivity index (χ2v) is 6.10. The van der Waals surface area contributed by atoms with Crippen LogP contribution in [0.3, 0.4) is 0 Å². The Morgan fingerprint density at radius 3 is 1.84 bits per heavy atom.